The van der Waals surface area contributed by atoms with Crippen molar-refractivity contribution in [3.8, 4) is 22.7 Å². The summed E-state index contributed by atoms with van der Waals surface area (Å²) in [6.45, 7) is 6.99. The number of para-hydroxylation sites is 1. The van der Waals surface area contributed by atoms with Gasteiger partial charge in [0.2, 0.25) is 0 Å². The number of carbonyl (C=O) groups excluding carboxylic acids is 1. The maximum absolute atomic E-state index is 13.2. The summed E-state index contributed by atoms with van der Waals surface area (Å²) in [5.74, 6) is 0.740. The minimum Gasteiger partial charge on any atom is -0.490 e. The fourth-order valence-electron chi connectivity index (χ4n) is 3.83. The molecule has 0 saturated carbocycles. The third-order valence-corrected chi connectivity index (χ3v) is 7.03. The van der Waals surface area contributed by atoms with Gasteiger partial charge in [0.05, 0.1) is 16.3 Å². The van der Waals surface area contributed by atoms with Crippen molar-refractivity contribution in [2.24, 2.45) is 0 Å². The van der Waals surface area contributed by atoms with Crippen molar-refractivity contribution in [2.45, 2.75) is 32.6 Å². The molecule has 0 aliphatic carbocycles. The molecule has 7 heteroatoms. The van der Waals surface area contributed by atoms with Crippen LogP contribution in [0.2, 0.25) is 0 Å². The lowest BCUT2D eigenvalue weighted by atomic mass is 10.1. The molecule has 1 aromatic heterocycles. The average Bonchev–Trinajstić information content (AvgIpc) is 3.42. The number of thioether (sulfide) groups is 1. The van der Waals surface area contributed by atoms with E-state index >= 15 is 0 Å². The standard InChI is InChI=1S/C28H29N3O2S2/c1-3-5-6-10-17-30-27(32)25(35-28(30)34)19-22-20-31(23-11-8-7-9-12-23)29-26(22)21-13-15-24(16-14-21)33-18-4-2/h4,7-9,11-16,19-20H,2-3,5-6,10,17-18H2,1H3/b25-19-. The minimum absolute atomic E-state index is 0.0249. The number of nitrogens with zero attached hydrogens (tertiary/aromatic N) is 3. The van der Waals surface area contributed by atoms with E-state index in [4.69, 9.17) is 22.1 Å². The fraction of sp³-hybridized carbons (Fsp3) is 0.250. The number of benzene rings is 2. The lowest BCUT2D eigenvalue weighted by molar-refractivity contribution is -0.122. The number of carbonyl (C=O) groups is 1. The van der Waals surface area contributed by atoms with Gasteiger partial charge in [-0.2, -0.15) is 5.10 Å². The first-order valence-corrected chi connectivity index (χ1v) is 13.1. The summed E-state index contributed by atoms with van der Waals surface area (Å²) in [7, 11) is 0. The van der Waals surface area contributed by atoms with Crippen LogP contribution >= 0.6 is 24.0 Å². The molecular formula is C28H29N3O2S2. The Morgan fingerprint density at radius 2 is 1.86 bits per heavy atom. The summed E-state index contributed by atoms with van der Waals surface area (Å²) in [4.78, 5) is 15.5. The zero-order chi connectivity index (χ0) is 24.6. The Morgan fingerprint density at radius 3 is 2.57 bits per heavy atom. The molecule has 3 aromatic rings. The van der Waals surface area contributed by atoms with E-state index in [1.807, 2.05) is 71.6 Å². The zero-order valence-electron chi connectivity index (χ0n) is 19.9. The highest BCUT2D eigenvalue weighted by molar-refractivity contribution is 8.26. The number of rotatable bonds is 11. The van der Waals surface area contributed by atoms with Crippen LogP contribution in [0.15, 0.2) is 78.4 Å². The normalized spacial score (nSPS) is 14.7. The van der Waals surface area contributed by atoms with E-state index < -0.39 is 0 Å². The lowest BCUT2D eigenvalue weighted by Gasteiger charge is -2.13. The van der Waals surface area contributed by atoms with Gasteiger partial charge in [-0.25, -0.2) is 4.68 Å². The second-order valence-electron chi connectivity index (χ2n) is 8.23. The Morgan fingerprint density at radius 1 is 1.09 bits per heavy atom. The second kappa shape index (κ2) is 12.0. The van der Waals surface area contributed by atoms with Crippen LogP contribution in [-0.2, 0) is 4.79 Å². The van der Waals surface area contributed by atoms with Gasteiger partial charge in [-0.05, 0) is 48.9 Å². The molecule has 180 valence electrons. The van der Waals surface area contributed by atoms with Gasteiger partial charge in [0, 0.05) is 23.9 Å². The molecule has 2 heterocycles. The molecule has 1 aliphatic heterocycles. The maximum Gasteiger partial charge on any atom is 0.266 e. The van der Waals surface area contributed by atoms with Gasteiger partial charge in [0.15, 0.2) is 0 Å². The van der Waals surface area contributed by atoms with E-state index in [1.165, 1.54) is 18.2 Å². The van der Waals surface area contributed by atoms with Crippen LogP contribution in [0.5, 0.6) is 5.75 Å². The van der Waals surface area contributed by atoms with Gasteiger partial charge >= 0.3 is 0 Å². The number of hydrogen-bond donors (Lipinski definition) is 0. The Balaban J connectivity index is 1.65. The van der Waals surface area contributed by atoms with Crippen molar-refractivity contribution >= 4 is 40.3 Å². The molecule has 35 heavy (non-hydrogen) atoms. The summed E-state index contributed by atoms with van der Waals surface area (Å²) in [5, 5.41) is 4.87. The molecule has 0 radical (unpaired) electrons. The van der Waals surface area contributed by atoms with E-state index in [2.05, 4.69) is 13.5 Å². The van der Waals surface area contributed by atoms with Crippen molar-refractivity contribution in [2.75, 3.05) is 13.2 Å². The molecule has 1 amide bonds. The number of aromatic nitrogens is 2. The van der Waals surface area contributed by atoms with Crippen molar-refractivity contribution < 1.29 is 9.53 Å². The highest BCUT2D eigenvalue weighted by Gasteiger charge is 2.32. The number of hydrogen-bond acceptors (Lipinski definition) is 5. The molecular weight excluding hydrogens is 474 g/mol. The van der Waals surface area contributed by atoms with E-state index in [0.29, 0.717) is 22.4 Å². The van der Waals surface area contributed by atoms with Gasteiger partial charge in [-0.3, -0.25) is 9.69 Å². The maximum atomic E-state index is 13.2. The number of amides is 1. The first kappa shape index (κ1) is 24.9. The summed E-state index contributed by atoms with van der Waals surface area (Å²) in [6.07, 6.45) is 9.99. The van der Waals surface area contributed by atoms with Crippen LogP contribution in [0, 0.1) is 0 Å². The van der Waals surface area contributed by atoms with Crippen LogP contribution in [0.3, 0.4) is 0 Å². The van der Waals surface area contributed by atoms with E-state index in [1.54, 1.807) is 11.0 Å². The van der Waals surface area contributed by atoms with Crippen molar-refractivity contribution in [1.82, 2.24) is 14.7 Å². The van der Waals surface area contributed by atoms with E-state index in [9.17, 15) is 4.79 Å². The third-order valence-electron chi connectivity index (χ3n) is 5.65. The fourth-order valence-corrected chi connectivity index (χ4v) is 5.12. The molecule has 1 aliphatic rings. The minimum atomic E-state index is -0.0249. The smallest absolute Gasteiger partial charge is 0.266 e. The topological polar surface area (TPSA) is 47.4 Å². The van der Waals surface area contributed by atoms with Gasteiger partial charge in [0.25, 0.3) is 5.91 Å². The van der Waals surface area contributed by atoms with Crippen LogP contribution < -0.4 is 4.74 Å². The quantitative estimate of drug-likeness (QED) is 0.123. The van der Waals surface area contributed by atoms with Gasteiger partial charge in [-0.15, -0.1) is 0 Å². The van der Waals surface area contributed by atoms with Crippen LogP contribution in [0.1, 0.15) is 38.2 Å². The number of ether oxygens (including phenoxy) is 1. The second-order valence-corrected chi connectivity index (χ2v) is 9.91. The Kier molecular flexibility index (Phi) is 8.55. The molecule has 2 aromatic carbocycles. The van der Waals surface area contributed by atoms with E-state index in [0.717, 1.165) is 47.5 Å². The third kappa shape index (κ3) is 6.10. The molecule has 1 saturated heterocycles. The highest BCUT2D eigenvalue weighted by Crippen LogP contribution is 2.35. The van der Waals surface area contributed by atoms with Gasteiger partial charge < -0.3 is 4.74 Å². The summed E-state index contributed by atoms with van der Waals surface area (Å²) < 4.78 is 8.09. The van der Waals surface area contributed by atoms with E-state index in [-0.39, 0.29) is 5.91 Å². The van der Waals surface area contributed by atoms with Crippen LogP contribution in [-0.4, -0.2) is 38.1 Å². The monoisotopic (exact) mass is 503 g/mol. The summed E-state index contributed by atoms with van der Waals surface area (Å²) in [5.41, 5.74) is 3.53. The molecule has 0 spiro atoms. The summed E-state index contributed by atoms with van der Waals surface area (Å²) >= 11 is 6.89. The molecule has 5 nitrogen and oxygen atoms in total. The largest absolute Gasteiger partial charge is 0.490 e. The van der Waals surface area contributed by atoms with Crippen LogP contribution in [0.25, 0.3) is 23.0 Å². The van der Waals surface area contributed by atoms with Crippen LogP contribution in [0.4, 0.5) is 0 Å². The first-order valence-electron chi connectivity index (χ1n) is 11.8. The number of unbranched alkanes of at least 4 members (excludes halogenated alkanes) is 3. The van der Waals surface area contributed by atoms with Gasteiger partial charge in [-0.1, -0.05) is 81.0 Å². The Bertz CT molecular complexity index is 1220. The first-order chi connectivity index (χ1) is 17.1. The SMILES string of the molecule is C=CCOc1ccc(-c2nn(-c3ccccc3)cc2/C=C2\SC(=S)N(CCCCCC)C2=O)cc1. The Hall–Kier alpha value is -3.16. The molecule has 0 N–H and O–H groups in total. The average molecular weight is 504 g/mol. The lowest BCUT2D eigenvalue weighted by Crippen LogP contribution is -2.29. The Labute approximate surface area is 216 Å². The number of thiocarbonyl (C=S) groups is 1. The summed E-state index contributed by atoms with van der Waals surface area (Å²) in [6, 6.07) is 17.7. The predicted molar refractivity (Wildman–Crippen MR) is 149 cm³/mol. The molecule has 1 fully saturated rings. The highest BCUT2D eigenvalue weighted by atomic mass is 32.2. The predicted octanol–water partition coefficient (Wildman–Crippen LogP) is 6.89. The van der Waals surface area contributed by atoms with Crippen molar-refractivity contribution in [1.29, 1.82) is 0 Å². The molecule has 0 unspecified atom stereocenters. The molecule has 4 rings (SSSR count). The van der Waals surface area contributed by atoms with Crippen molar-refractivity contribution in [3.05, 3.63) is 83.9 Å². The van der Waals surface area contributed by atoms with Gasteiger partial charge in [0.1, 0.15) is 16.7 Å². The molecule has 0 atom stereocenters. The molecule has 0 bridgehead atoms. The van der Waals surface area contributed by atoms with Crippen molar-refractivity contribution in [3.63, 3.8) is 0 Å². The zero-order valence-corrected chi connectivity index (χ0v) is 21.5.